The van der Waals surface area contributed by atoms with Crippen LogP contribution in [0.15, 0.2) is 66.9 Å². The van der Waals surface area contributed by atoms with Crippen LogP contribution in [0.1, 0.15) is 48.0 Å². The summed E-state index contributed by atoms with van der Waals surface area (Å²) in [5, 5.41) is 4.42. The lowest BCUT2D eigenvalue weighted by molar-refractivity contribution is 0.0992. The van der Waals surface area contributed by atoms with Crippen LogP contribution in [0.5, 0.6) is 0 Å². The molecule has 0 unspecified atom stereocenters. The second kappa shape index (κ2) is 7.28. The molecule has 0 N–H and O–H groups in total. The van der Waals surface area contributed by atoms with Gasteiger partial charge < -0.3 is 0 Å². The van der Waals surface area contributed by atoms with Crippen LogP contribution in [0.2, 0.25) is 0 Å². The van der Waals surface area contributed by atoms with Crippen LogP contribution < -0.4 is 0 Å². The summed E-state index contributed by atoms with van der Waals surface area (Å²) < 4.78 is 1.83. The van der Waals surface area contributed by atoms with Gasteiger partial charge in [0.25, 0.3) is 0 Å². The van der Waals surface area contributed by atoms with E-state index in [-0.39, 0.29) is 17.6 Å². The molecule has 2 aromatic heterocycles. The van der Waals surface area contributed by atoms with Gasteiger partial charge in [0.05, 0.1) is 24.0 Å². The molecule has 29 heavy (non-hydrogen) atoms. The summed E-state index contributed by atoms with van der Waals surface area (Å²) in [4.78, 5) is 17.6. The average Bonchev–Trinajstić information content (AvgIpc) is 3.16. The zero-order valence-corrected chi connectivity index (χ0v) is 17.3. The van der Waals surface area contributed by atoms with Crippen molar-refractivity contribution in [3.05, 3.63) is 89.2 Å². The van der Waals surface area contributed by atoms with E-state index in [1.807, 2.05) is 53.0 Å². The van der Waals surface area contributed by atoms with Crippen LogP contribution >= 0.6 is 0 Å². The minimum absolute atomic E-state index is 0.0672. The third-order valence-corrected chi connectivity index (χ3v) is 5.25. The monoisotopic (exact) mass is 383 g/mol. The fourth-order valence-corrected chi connectivity index (χ4v) is 3.53. The van der Waals surface area contributed by atoms with Crippen molar-refractivity contribution in [3.8, 4) is 11.3 Å². The number of carbonyl (C=O) groups excluding carboxylic acids is 1. The Labute approximate surface area is 171 Å². The minimum Gasteiger partial charge on any atom is -0.294 e. The Balaban J connectivity index is 1.68. The highest BCUT2D eigenvalue weighted by Crippen LogP contribution is 2.25. The molecule has 0 spiro atoms. The van der Waals surface area contributed by atoms with E-state index in [1.165, 1.54) is 5.56 Å². The van der Waals surface area contributed by atoms with Crippen molar-refractivity contribution in [2.45, 2.75) is 39.5 Å². The smallest absolute Gasteiger partial charge is 0.168 e. The summed E-state index contributed by atoms with van der Waals surface area (Å²) in [6.45, 7) is 8.58. The summed E-state index contributed by atoms with van der Waals surface area (Å²) in [6.07, 6.45) is 2.00. The number of carbonyl (C=O) groups is 1. The summed E-state index contributed by atoms with van der Waals surface area (Å²) in [7, 11) is 0. The lowest BCUT2D eigenvalue weighted by Gasteiger charge is -2.19. The SMILES string of the molecule is Cc1ccccc1-c1cc(CC(=O)c2ccc(C(C)(C)C)cc2)nc2ccnn12. The maximum Gasteiger partial charge on any atom is 0.168 e. The van der Waals surface area contributed by atoms with Gasteiger partial charge in [0.2, 0.25) is 0 Å². The maximum absolute atomic E-state index is 12.9. The highest BCUT2D eigenvalue weighted by molar-refractivity contribution is 5.97. The largest absolute Gasteiger partial charge is 0.294 e. The van der Waals surface area contributed by atoms with Gasteiger partial charge in [0.1, 0.15) is 0 Å². The predicted octanol–water partition coefficient (Wildman–Crippen LogP) is 5.43. The third kappa shape index (κ3) is 3.83. The van der Waals surface area contributed by atoms with Crippen LogP contribution in [0.25, 0.3) is 16.9 Å². The molecule has 0 aliphatic carbocycles. The molecule has 0 fully saturated rings. The molecular weight excluding hydrogens is 358 g/mol. The van der Waals surface area contributed by atoms with Crippen molar-refractivity contribution in [1.29, 1.82) is 0 Å². The molecule has 146 valence electrons. The van der Waals surface area contributed by atoms with Crippen molar-refractivity contribution >= 4 is 11.4 Å². The Morgan fingerprint density at radius 2 is 1.72 bits per heavy atom. The molecule has 2 heterocycles. The standard InChI is InChI=1S/C25H25N3O/c1-17-7-5-6-8-21(17)22-15-20(27-24-13-14-26-28(22)24)16-23(29)18-9-11-19(12-10-18)25(2,3)4/h5-15H,16H2,1-4H3. The van der Waals surface area contributed by atoms with E-state index in [2.05, 4.69) is 49.9 Å². The third-order valence-electron chi connectivity index (χ3n) is 5.25. The van der Waals surface area contributed by atoms with Crippen molar-refractivity contribution in [2.75, 3.05) is 0 Å². The number of benzene rings is 2. The van der Waals surface area contributed by atoms with Crippen LogP contribution in [-0.2, 0) is 11.8 Å². The van der Waals surface area contributed by atoms with Gasteiger partial charge in [-0.05, 0) is 29.5 Å². The zero-order chi connectivity index (χ0) is 20.6. The fraction of sp³-hybridized carbons (Fsp3) is 0.240. The van der Waals surface area contributed by atoms with E-state index in [4.69, 9.17) is 0 Å². The van der Waals surface area contributed by atoms with E-state index in [0.29, 0.717) is 5.56 Å². The Morgan fingerprint density at radius 1 is 1.00 bits per heavy atom. The van der Waals surface area contributed by atoms with Gasteiger partial charge in [-0.1, -0.05) is 69.3 Å². The van der Waals surface area contributed by atoms with Crippen LogP contribution in [-0.4, -0.2) is 20.4 Å². The quantitative estimate of drug-likeness (QED) is 0.442. The van der Waals surface area contributed by atoms with Gasteiger partial charge in [0.15, 0.2) is 11.4 Å². The second-order valence-corrected chi connectivity index (χ2v) is 8.48. The van der Waals surface area contributed by atoms with Crippen LogP contribution in [0.4, 0.5) is 0 Å². The van der Waals surface area contributed by atoms with E-state index in [1.54, 1.807) is 6.20 Å². The summed E-state index contributed by atoms with van der Waals surface area (Å²) in [5.74, 6) is 0.0672. The van der Waals surface area contributed by atoms with Gasteiger partial charge in [-0.2, -0.15) is 5.10 Å². The lowest BCUT2D eigenvalue weighted by Crippen LogP contribution is -2.12. The molecule has 4 rings (SSSR count). The molecular formula is C25H25N3O. The molecule has 0 atom stereocenters. The maximum atomic E-state index is 12.9. The van der Waals surface area contributed by atoms with Crippen LogP contribution in [0, 0.1) is 6.92 Å². The first kappa shape index (κ1) is 19.1. The Morgan fingerprint density at radius 3 is 2.41 bits per heavy atom. The molecule has 0 amide bonds. The molecule has 4 aromatic rings. The summed E-state index contributed by atoms with van der Waals surface area (Å²) >= 11 is 0. The molecule has 0 saturated heterocycles. The molecule has 2 aromatic carbocycles. The molecule has 4 nitrogen and oxygen atoms in total. The van der Waals surface area contributed by atoms with Crippen molar-refractivity contribution in [3.63, 3.8) is 0 Å². The number of hydrogen-bond donors (Lipinski definition) is 0. The number of ketones is 1. The van der Waals surface area contributed by atoms with Crippen molar-refractivity contribution in [2.24, 2.45) is 0 Å². The van der Waals surface area contributed by atoms with E-state index in [0.717, 1.165) is 28.2 Å². The van der Waals surface area contributed by atoms with Crippen molar-refractivity contribution in [1.82, 2.24) is 14.6 Å². The fourth-order valence-electron chi connectivity index (χ4n) is 3.53. The Bertz CT molecular complexity index is 1180. The van der Waals surface area contributed by atoms with Gasteiger partial charge in [0, 0.05) is 17.2 Å². The zero-order valence-electron chi connectivity index (χ0n) is 17.3. The topological polar surface area (TPSA) is 47.3 Å². The molecule has 0 bridgehead atoms. The van der Waals surface area contributed by atoms with E-state index in [9.17, 15) is 4.79 Å². The molecule has 0 aliphatic heterocycles. The minimum atomic E-state index is 0.0672. The molecule has 0 radical (unpaired) electrons. The summed E-state index contributed by atoms with van der Waals surface area (Å²) in [6, 6.07) is 19.9. The van der Waals surface area contributed by atoms with Crippen molar-refractivity contribution < 1.29 is 4.79 Å². The number of aromatic nitrogens is 3. The number of Topliss-reactive ketones (excluding diaryl/α,β-unsaturated/α-hetero) is 1. The number of rotatable bonds is 4. The van der Waals surface area contributed by atoms with Crippen LogP contribution in [0.3, 0.4) is 0 Å². The Hall–Kier alpha value is -3.27. The normalized spacial score (nSPS) is 11.7. The first-order chi connectivity index (χ1) is 13.8. The molecule has 0 aliphatic rings. The predicted molar refractivity (Wildman–Crippen MR) is 116 cm³/mol. The first-order valence-corrected chi connectivity index (χ1v) is 9.86. The highest BCUT2D eigenvalue weighted by Gasteiger charge is 2.16. The van der Waals surface area contributed by atoms with Gasteiger partial charge >= 0.3 is 0 Å². The van der Waals surface area contributed by atoms with E-state index < -0.39 is 0 Å². The highest BCUT2D eigenvalue weighted by atomic mass is 16.1. The van der Waals surface area contributed by atoms with Gasteiger partial charge in [-0.25, -0.2) is 9.50 Å². The summed E-state index contributed by atoms with van der Waals surface area (Å²) in [5.41, 5.74) is 6.69. The van der Waals surface area contributed by atoms with Gasteiger partial charge in [-0.15, -0.1) is 0 Å². The number of aryl methyl sites for hydroxylation is 1. The number of hydrogen-bond acceptors (Lipinski definition) is 3. The Kier molecular flexibility index (Phi) is 4.79. The first-order valence-electron chi connectivity index (χ1n) is 9.86. The van der Waals surface area contributed by atoms with Gasteiger partial charge in [-0.3, -0.25) is 4.79 Å². The second-order valence-electron chi connectivity index (χ2n) is 8.48. The molecule has 0 saturated carbocycles. The van der Waals surface area contributed by atoms with E-state index >= 15 is 0 Å². The average molecular weight is 383 g/mol. The lowest BCUT2D eigenvalue weighted by atomic mass is 9.86. The number of fused-ring (bicyclic) bond motifs is 1. The number of nitrogens with zero attached hydrogens (tertiary/aromatic N) is 3. The molecule has 4 heteroatoms.